The number of primary sulfonamides is 1. The standard InChI is InChI=1S/C13H20N4O3S/c14-13(17-9-11-5-3-7-20-11)16-8-10-4-1-2-6-12(10)21(15,18)19/h1-2,4,6,11H,3,5,7-9H2,(H3,14,16,17)(H2,15,18,19). The molecule has 1 aromatic carbocycles. The van der Waals surface area contributed by atoms with Crippen LogP contribution in [0.4, 0.5) is 0 Å². The molecule has 5 N–H and O–H groups in total. The van der Waals surface area contributed by atoms with Gasteiger partial charge in [0.1, 0.15) is 0 Å². The fraction of sp³-hybridized carbons (Fsp3) is 0.462. The molecule has 1 fully saturated rings. The maximum Gasteiger partial charge on any atom is 0.238 e. The summed E-state index contributed by atoms with van der Waals surface area (Å²) in [5, 5.41) is 8.14. The van der Waals surface area contributed by atoms with Crippen molar-refractivity contribution in [1.82, 2.24) is 5.32 Å². The highest BCUT2D eigenvalue weighted by Crippen LogP contribution is 2.14. The van der Waals surface area contributed by atoms with E-state index in [9.17, 15) is 8.42 Å². The number of guanidine groups is 1. The molecule has 0 amide bonds. The Morgan fingerprint density at radius 1 is 1.43 bits per heavy atom. The van der Waals surface area contributed by atoms with E-state index in [1.165, 1.54) is 6.07 Å². The number of ether oxygens (including phenoxy) is 1. The van der Waals surface area contributed by atoms with Crippen molar-refractivity contribution < 1.29 is 13.2 Å². The molecule has 1 aliphatic heterocycles. The first kappa shape index (κ1) is 15.7. The van der Waals surface area contributed by atoms with E-state index < -0.39 is 10.0 Å². The van der Waals surface area contributed by atoms with Crippen LogP contribution in [0.25, 0.3) is 0 Å². The molecule has 8 heteroatoms. The number of nitrogens with two attached hydrogens (primary N) is 2. The van der Waals surface area contributed by atoms with Crippen molar-refractivity contribution in [3.05, 3.63) is 29.8 Å². The number of nitrogens with zero attached hydrogens (tertiary/aromatic N) is 1. The van der Waals surface area contributed by atoms with Crippen molar-refractivity contribution in [3.63, 3.8) is 0 Å². The molecule has 0 saturated carbocycles. The number of sulfonamides is 1. The number of hydrogen-bond acceptors (Lipinski definition) is 4. The molecular formula is C13H20N4O3S. The van der Waals surface area contributed by atoms with Crippen LogP contribution in [-0.2, 0) is 21.3 Å². The minimum absolute atomic E-state index is 0.0701. The van der Waals surface area contributed by atoms with Crippen LogP contribution in [0.3, 0.4) is 0 Å². The van der Waals surface area contributed by atoms with Crippen LogP contribution >= 0.6 is 0 Å². The summed E-state index contributed by atoms with van der Waals surface area (Å²) >= 11 is 0. The quantitative estimate of drug-likeness (QED) is 0.519. The van der Waals surface area contributed by atoms with Crippen LogP contribution < -0.4 is 16.2 Å². The first-order valence-electron chi connectivity index (χ1n) is 6.73. The van der Waals surface area contributed by atoms with Crippen LogP contribution in [0, 0.1) is 0 Å². The zero-order chi connectivity index (χ0) is 15.3. The van der Waals surface area contributed by atoms with Gasteiger partial charge < -0.3 is 15.8 Å². The fourth-order valence-electron chi connectivity index (χ4n) is 2.16. The molecule has 1 atom stereocenters. The molecule has 21 heavy (non-hydrogen) atoms. The summed E-state index contributed by atoms with van der Waals surface area (Å²) in [5.74, 6) is 0.259. The zero-order valence-corrected chi connectivity index (χ0v) is 12.5. The van der Waals surface area contributed by atoms with E-state index in [4.69, 9.17) is 15.6 Å². The Kier molecular flexibility index (Phi) is 5.16. The molecule has 0 bridgehead atoms. The van der Waals surface area contributed by atoms with Crippen molar-refractivity contribution in [1.29, 1.82) is 0 Å². The van der Waals surface area contributed by atoms with Gasteiger partial charge in [0.25, 0.3) is 0 Å². The average molecular weight is 312 g/mol. The summed E-state index contributed by atoms with van der Waals surface area (Å²) in [7, 11) is -3.76. The van der Waals surface area contributed by atoms with Crippen molar-refractivity contribution in [3.8, 4) is 0 Å². The lowest BCUT2D eigenvalue weighted by molar-refractivity contribution is 0.114. The first-order valence-corrected chi connectivity index (χ1v) is 8.27. The number of nitrogens with one attached hydrogen (secondary N) is 1. The highest BCUT2D eigenvalue weighted by Gasteiger charge is 2.15. The van der Waals surface area contributed by atoms with Crippen molar-refractivity contribution in [2.45, 2.75) is 30.4 Å². The number of rotatable bonds is 5. The van der Waals surface area contributed by atoms with Crippen LogP contribution in [0.1, 0.15) is 18.4 Å². The summed E-state index contributed by atoms with van der Waals surface area (Å²) in [6, 6.07) is 6.47. The van der Waals surface area contributed by atoms with Gasteiger partial charge in [0.15, 0.2) is 5.96 Å². The smallest absolute Gasteiger partial charge is 0.238 e. The molecule has 2 rings (SSSR count). The van der Waals surface area contributed by atoms with Crippen LogP contribution in [-0.4, -0.2) is 33.6 Å². The largest absolute Gasteiger partial charge is 0.376 e. The van der Waals surface area contributed by atoms with E-state index in [0.717, 1.165) is 19.4 Å². The monoisotopic (exact) mass is 312 g/mol. The van der Waals surface area contributed by atoms with Gasteiger partial charge in [0, 0.05) is 13.2 Å². The molecule has 116 valence electrons. The summed E-state index contributed by atoms with van der Waals surface area (Å²) in [6.45, 7) is 1.54. The number of benzene rings is 1. The molecule has 0 spiro atoms. The molecular weight excluding hydrogens is 292 g/mol. The van der Waals surface area contributed by atoms with E-state index in [-0.39, 0.29) is 23.5 Å². The molecule has 1 unspecified atom stereocenters. The third-order valence-corrected chi connectivity index (χ3v) is 4.25. The Labute approximate surface area is 124 Å². The minimum Gasteiger partial charge on any atom is -0.376 e. The van der Waals surface area contributed by atoms with Gasteiger partial charge in [-0.1, -0.05) is 18.2 Å². The predicted molar refractivity (Wildman–Crippen MR) is 80.1 cm³/mol. The van der Waals surface area contributed by atoms with E-state index >= 15 is 0 Å². The van der Waals surface area contributed by atoms with Crippen molar-refractivity contribution in [2.75, 3.05) is 13.2 Å². The topological polar surface area (TPSA) is 120 Å². The summed E-state index contributed by atoms with van der Waals surface area (Å²) in [5.41, 5.74) is 6.28. The van der Waals surface area contributed by atoms with E-state index in [1.807, 2.05) is 0 Å². The van der Waals surface area contributed by atoms with E-state index in [1.54, 1.807) is 18.2 Å². The third-order valence-electron chi connectivity index (χ3n) is 3.23. The highest BCUT2D eigenvalue weighted by atomic mass is 32.2. The van der Waals surface area contributed by atoms with Crippen LogP contribution in [0.15, 0.2) is 34.2 Å². The van der Waals surface area contributed by atoms with Gasteiger partial charge in [0.05, 0.1) is 17.5 Å². The van der Waals surface area contributed by atoms with Crippen LogP contribution in [0.5, 0.6) is 0 Å². The van der Waals surface area contributed by atoms with Gasteiger partial charge in [-0.05, 0) is 24.5 Å². The van der Waals surface area contributed by atoms with Gasteiger partial charge in [0.2, 0.25) is 10.0 Å². The lowest BCUT2D eigenvalue weighted by Gasteiger charge is -2.11. The van der Waals surface area contributed by atoms with Crippen LogP contribution in [0.2, 0.25) is 0 Å². The summed E-state index contributed by atoms with van der Waals surface area (Å²) < 4.78 is 28.4. The molecule has 1 aromatic rings. The summed E-state index contributed by atoms with van der Waals surface area (Å²) in [6.07, 6.45) is 2.23. The second kappa shape index (κ2) is 6.88. The second-order valence-electron chi connectivity index (χ2n) is 4.87. The van der Waals surface area contributed by atoms with Gasteiger partial charge >= 0.3 is 0 Å². The normalized spacial score (nSPS) is 19.7. The molecule has 7 nitrogen and oxygen atoms in total. The Morgan fingerprint density at radius 2 is 2.19 bits per heavy atom. The maximum absolute atomic E-state index is 11.5. The lowest BCUT2D eigenvalue weighted by Crippen LogP contribution is -2.37. The fourth-order valence-corrected chi connectivity index (χ4v) is 2.93. The summed E-state index contributed by atoms with van der Waals surface area (Å²) in [4.78, 5) is 4.21. The van der Waals surface area contributed by atoms with E-state index in [2.05, 4.69) is 10.3 Å². The molecule has 0 radical (unpaired) electrons. The third kappa shape index (κ3) is 4.69. The minimum atomic E-state index is -3.76. The van der Waals surface area contributed by atoms with Gasteiger partial charge in [-0.2, -0.15) is 0 Å². The van der Waals surface area contributed by atoms with Gasteiger partial charge in [-0.25, -0.2) is 18.5 Å². The van der Waals surface area contributed by atoms with Gasteiger partial charge in [-0.3, -0.25) is 0 Å². The molecule has 1 aliphatic rings. The predicted octanol–water partition coefficient (Wildman–Crippen LogP) is -0.0827. The molecule has 0 aromatic heterocycles. The van der Waals surface area contributed by atoms with Gasteiger partial charge in [-0.15, -0.1) is 0 Å². The Morgan fingerprint density at radius 3 is 2.86 bits per heavy atom. The van der Waals surface area contributed by atoms with Crippen molar-refractivity contribution in [2.24, 2.45) is 15.9 Å². The molecule has 1 saturated heterocycles. The Hall–Kier alpha value is -1.64. The Bertz CT molecular complexity index is 610. The SMILES string of the molecule is NC(=NCc1ccccc1S(N)(=O)=O)NCC1CCCO1. The average Bonchev–Trinajstić information content (AvgIpc) is 2.95. The number of aliphatic imine (C=N–C) groups is 1. The molecule has 0 aliphatic carbocycles. The van der Waals surface area contributed by atoms with Crippen molar-refractivity contribution >= 4 is 16.0 Å². The lowest BCUT2D eigenvalue weighted by atomic mass is 10.2. The number of hydrogen-bond donors (Lipinski definition) is 3. The Balaban J connectivity index is 1.96. The second-order valence-corrected chi connectivity index (χ2v) is 6.40. The highest BCUT2D eigenvalue weighted by molar-refractivity contribution is 7.89. The van der Waals surface area contributed by atoms with E-state index in [0.29, 0.717) is 12.1 Å². The maximum atomic E-state index is 11.5. The zero-order valence-electron chi connectivity index (χ0n) is 11.7. The molecule has 1 heterocycles. The first-order chi connectivity index (χ1) is 9.97.